The number of hydrogen-bond donors (Lipinski definition) is 1. The molecule has 0 bridgehead atoms. The number of rotatable bonds is 1. The van der Waals surface area contributed by atoms with Gasteiger partial charge in [-0.2, -0.15) is 0 Å². The van der Waals surface area contributed by atoms with E-state index in [0.29, 0.717) is 6.42 Å². The second-order valence-corrected chi connectivity index (χ2v) is 4.20. The van der Waals surface area contributed by atoms with E-state index in [9.17, 15) is 9.90 Å². The minimum atomic E-state index is -0.932. The molecule has 0 spiro atoms. The number of carbonyl (C=O) groups excluding carboxylic acids is 1. The van der Waals surface area contributed by atoms with E-state index >= 15 is 0 Å². The first-order chi connectivity index (χ1) is 7.07. The van der Waals surface area contributed by atoms with Crippen LogP contribution in [0, 0.1) is 0 Å². The van der Waals surface area contributed by atoms with Gasteiger partial charge in [0.05, 0.1) is 11.3 Å². The fourth-order valence-corrected chi connectivity index (χ4v) is 1.86. The van der Waals surface area contributed by atoms with Crippen LogP contribution in [0.15, 0.2) is 30.5 Å². The Bertz CT molecular complexity index is 407. The Morgan fingerprint density at radius 2 is 2.20 bits per heavy atom. The molecule has 78 valence electrons. The normalized spacial score (nSPS) is 26.3. The molecule has 0 saturated carbocycles. The smallest absolute Gasteiger partial charge is 0.158 e. The first kappa shape index (κ1) is 10.1. The highest BCUT2D eigenvalue weighted by atomic mass is 16.3. The maximum absolute atomic E-state index is 11.4. The first-order valence-electron chi connectivity index (χ1n) is 4.94. The third-order valence-corrected chi connectivity index (χ3v) is 2.46. The van der Waals surface area contributed by atoms with Gasteiger partial charge in [-0.05, 0) is 30.7 Å². The summed E-state index contributed by atoms with van der Waals surface area (Å²) in [6.07, 6.45) is 3.95. The van der Waals surface area contributed by atoms with E-state index in [4.69, 9.17) is 0 Å². The number of ketones is 1. The lowest BCUT2D eigenvalue weighted by Gasteiger charge is -2.27. The van der Waals surface area contributed by atoms with Gasteiger partial charge in [0.15, 0.2) is 5.78 Å². The topological polar surface area (TPSA) is 50.2 Å². The van der Waals surface area contributed by atoms with Gasteiger partial charge >= 0.3 is 0 Å². The van der Waals surface area contributed by atoms with Gasteiger partial charge in [-0.15, -0.1) is 0 Å². The van der Waals surface area contributed by atoms with Crippen LogP contribution in [-0.4, -0.2) is 21.5 Å². The highest BCUT2D eigenvalue weighted by Crippen LogP contribution is 2.30. The molecule has 1 heterocycles. The molecule has 0 amide bonds. The van der Waals surface area contributed by atoms with E-state index in [1.165, 1.54) is 0 Å². The van der Waals surface area contributed by atoms with Gasteiger partial charge in [-0.1, -0.05) is 6.07 Å². The average molecular weight is 203 g/mol. The molecule has 2 rings (SSSR count). The zero-order valence-corrected chi connectivity index (χ0v) is 8.60. The predicted octanol–water partition coefficient (Wildman–Crippen LogP) is 1.58. The molecular formula is C12H13NO2. The number of pyridine rings is 1. The lowest BCUT2D eigenvalue weighted by molar-refractivity contribution is -0.119. The fourth-order valence-electron chi connectivity index (χ4n) is 1.86. The van der Waals surface area contributed by atoms with Crippen molar-refractivity contribution >= 4 is 11.4 Å². The van der Waals surface area contributed by atoms with Crippen LogP contribution in [0.5, 0.6) is 0 Å². The summed E-state index contributed by atoms with van der Waals surface area (Å²) in [6, 6.07) is 5.55. The SMILES string of the molecule is CC1(O)CC(=O)C=C(c2ccccn2)C1. The van der Waals surface area contributed by atoms with Crippen LogP contribution in [0.25, 0.3) is 5.57 Å². The zero-order chi connectivity index (χ0) is 10.9. The van der Waals surface area contributed by atoms with Crippen LogP contribution in [0.1, 0.15) is 25.5 Å². The summed E-state index contributed by atoms with van der Waals surface area (Å²) in [5, 5.41) is 9.89. The second-order valence-electron chi connectivity index (χ2n) is 4.20. The molecule has 1 aliphatic rings. The largest absolute Gasteiger partial charge is 0.389 e. The van der Waals surface area contributed by atoms with E-state index in [1.807, 2.05) is 18.2 Å². The molecule has 1 aromatic rings. The van der Waals surface area contributed by atoms with Crippen molar-refractivity contribution in [1.29, 1.82) is 0 Å². The zero-order valence-electron chi connectivity index (χ0n) is 8.60. The minimum absolute atomic E-state index is 0.0353. The van der Waals surface area contributed by atoms with Crippen molar-refractivity contribution in [2.24, 2.45) is 0 Å². The van der Waals surface area contributed by atoms with Crippen LogP contribution >= 0.6 is 0 Å². The van der Waals surface area contributed by atoms with Gasteiger partial charge < -0.3 is 5.11 Å². The van der Waals surface area contributed by atoms with Crippen molar-refractivity contribution in [1.82, 2.24) is 4.98 Å². The molecule has 1 aromatic heterocycles. The molecule has 1 aliphatic carbocycles. The molecule has 0 fully saturated rings. The van der Waals surface area contributed by atoms with Crippen LogP contribution in [-0.2, 0) is 4.79 Å². The standard InChI is InChI=1S/C12H13NO2/c1-12(15)7-9(6-10(14)8-12)11-4-2-3-5-13-11/h2-6,15H,7-8H2,1H3. The summed E-state index contributed by atoms with van der Waals surface area (Å²) in [5.74, 6) is -0.0353. The Balaban J connectivity index is 2.35. The number of allylic oxidation sites excluding steroid dienone is 1. The van der Waals surface area contributed by atoms with Crippen molar-refractivity contribution in [3.63, 3.8) is 0 Å². The van der Waals surface area contributed by atoms with E-state index in [0.717, 1.165) is 11.3 Å². The summed E-state index contributed by atoms with van der Waals surface area (Å²) in [5.41, 5.74) is 0.654. The molecule has 15 heavy (non-hydrogen) atoms. The maximum atomic E-state index is 11.4. The molecule has 1 N–H and O–H groups in total. The average Bonchev–Trinajstić information content (AvgIpc) is 2.16. The maximum Gasteiger partial charge on any atom is 0.158 e. The van der Waals surface area contributed by atoms with Gasteiger partial charge in [0.1, 0.15) is 0 Å². The Hall–Kier alpha value is -1.48. The van der Waals surface area contributed by atoms with Gasteiger partial charge in [0.25, 0.3) is 0 Å². The Labute approximate surface area is 88.5 Å². The molecule has 3 heteroatoms. The molecular weight excluding hydrogens is 190 g/mol. The van der Waals surface area contributed by atoms with Gasteiger partial charge in [0, 0.05) is 19.0 Å². The van der Waals surface area contributed by atoms with Crippen molar-refractivity contribution < 1.29 is 9.90 Å². The molecule has 0 aromatic carbocycles. The van der Waals surface area contributed by atoms with E-state index in [2.05, 4.69) is 4.98 Å². The number of carbonyl (C=O) groups is 1. The highest BCUT2D eigenvalue weighted by molar-refractivity contribution is 5.99. The third kappa shape index (κ3) is 2.30. The van der Waals surface area contributed by atoms with E-state index in [1.54, 1.807) is 19.2 Å². The number of aliphatic hydroxyl groups is 1. The summed E-state index contributed by atoms with van der Waals surface area (Å²) < 4.78 is 0. The minimum Gasteiger partial charge on any atom is -0.389 e. The van der Waals surface area contributed by atoms with Crippen LogP contribution in [0.4, 0.5) is 0 Å². The summed E-state index contributed by atoms with van der Waals surface area (Å²) in [7, 11) is 0. The Morgan fingerprint density at radius 1 is 1.40 bits per heavy atom. The molecule has 1 atom stereocenters. The van der Waals surface area contributed by atoms with Crippen LogP contribution in [0.3, 0.4) is 0 Å². The Morgan fingerprint density at radius 3 is 2.80 bits per heavy atom. The third-order valence-electron chi connectivity index (χ3n) is 2.46. The summed E-state index contributed by atoms with van der Waals surface area (Å²) >= 11 is 0. The first-order valence-corrected chi connectivity index (χ1v) is 4.94. The predicted molar refractivity (Wildman–Crippen MR) is 57.1 cm³/mol. The monoisotopic (exact) mass is 203 g/mol. The molecule has 0 saturated heterocycles. The van der Waals surface area contributed by atoms with Crippen molar-refractivity contribution in [2.75, 3.05) is 0 Å². The second kappa shape index (κ2) is 3.59. The van der Waals surface area contributed by atoms with Gasteiger partial charge in [-0.25, -0.2) is 0 Å². The van der Waals surface area contributed by atoms with E-state index in [-0.39, 0.29) is 12.2 Å². The quantitative estimate of drug-likeness (QED) is 0.753. The summed E-state index contributed by atoms with van der Waals surface area (Å²) in [6.45, 7) is 1.68. The van der Waals surface area contributed by atoms with Crippen molar-refractivity contribution in [3.8, 4) is 0 Å². The van der Waals surface area contributed by atoms with Crippen LogP contribution in [0.2, 0.25) is 0 Å². The molecule has 0 aliphatic heterocycles. The summed E-state index contributed by atoms with van der Waals surface area (Å²) in [4.78, 5) is 15.6. The van der Waals surface area contributed by atoms with Crippen LogP contribution < -0.4 is 0 Å². The lowest BCUT2D eigenvalue weighted by atomic mass is 9.84. The Kier molecular flexibility index (Phi) is 2.40. The lowest BCUT2D eigenvalue weighted by Crippen LogP contribution is -2.31. The van der Waals surface area contributed by atoms with Gasteiger partial charge in [-0.3, -0.25) is 9.78 Å². The molecule has 1 unspecified atom stereocenters. The van der Waals surface area contributed by atoms with Crippen molar-refractivity contribution in [3.05, 3.63) is 36.2 Å². The van der Waals surface area contributed by atoms with Gasteiger partial charge in [0.2, 0.25) is 0 Å². The van der Waals surface area contributed by atoms with Crippen molar-refractivity contribution in [2.45, 2.75) is 25.4 Å². The highest BCUT2D eigenvalue weighted by Gasteiger charge is 2.30. The number of nitrogens with zero attached hydrogens (tertiary/aromatic N) is 1. The van der Waals surface area contributed by atoms with E-state index < -0.39 is 5.60 Å². The fraction of sp³-hybridized carbons (Fsp3) is 0.333. The molecule has 0 radical (unpaired) electrons. The number of hydrogen-bond acceptors (Lipinski definition) is 3. The molecule has 3 nitrogen and oxygen atoms in total. The number of aromatic nitrogens is 1.